The van der Waals surface area contributed by atoms with Gasteiger partial charge in [0.25, 0.3) is 5.91 Å². The quantitative estimate of drug-likeness (QED) is 0.358. The van der Waals surface area contributed by atoms with Crippen LogP contribution in [0.15, 0.2) is 66.7 Å². The smallest absolute Gasteiger partial charge is 0.326 e. The molecule has 2 N–H and O–H groups in total. The van der Waals surface area contributed by atoms with Crippen molar-refractivity contribution in [3.63, 3.8) is 0 Å². The van der Waals surface area contributed by atoms with E-state index in [9.17, 15) is 14.7 Å². The lowest BCUT2D eigenvalue weighted by Crippen LogP contribution is -2.42. The van der Waals surface area contributed by atoms with Gasteiger partial charge in [0.1, 0.15) is 11.8 Å². The molecule has 0 aromatic heterocycles. The zero-order chi connectivity index (χ0) is 26.4. The fourth-order valence-corrected chi connectivity index (χ4v) is 5.33. The molecule has 8 heteroatoms. The molecule has 1 fully saturated rings. The molecule has 0 saturated carbocycles. The lowest BCUT2D eigenvalue weighted by atomic mass is 9.88. The number of piperidine rings is 1. The molecule has 3 aromatic carbocycles. The third-order valence-electron chi connectivity index (χ3n) is 6.81. The molecule has 1 heterocycles. The summed E-state index contributed by atoms with van der Waals surface area (Å²) in [4.78, 5) is 27.0. The number of carboxylic acid groups (broad SMARTS) is 1. The number of hydrogen-bond donors (Lipinski definition) is 2. The molecule has 1 aliphatic heterocycles. The predicted molar refractivity (Wildman–Crippen MR) is 146 cm³/mol. The number of benzene rings is 3. The van der Waals surface area contributed by atoms with Gasteiger partial charge in [0.05, 0.1) is 22.7 Å². The van der Waals surface area contributed by atoms with E-state index in [1.165, 1.54) is 11.1 Å². The first kappa shape index (κ1) is 27.0. The summed E-state index contributed by atoms with van der Waals surface area (Å²) in [5.41, 5.74) is 3.41. The van der Waals surface area contributed by atoms with Gasteiger partial charge in [-0.2, -0.15) is 0 Å². The fourth-order valence-electron chi connectivity index (χ4n) is 4.76. The Morgan fingerprint density at radius 2 is 1.65 bits per heavy atom. The number of hydrogen-bond acceptors (Lipinski definition) is 4. The number of carbonyl (C=O) groups is 2. The summed E-state index contributed by atoms with van der Waals surface area (Å²) >= 11 is 12.2. The number of halogens is 2. The van der Waals surface area contributed by atoms with Crippen molar-refractivity contribution in [2.75, 3.05) is 20.2 Å². The molecule has 1 atom stereocenters. The number of methoxy groups -OCH3 is 1. The van der Waals surface area contributed by atoms with Gasteiger partial charge in [-0.3, -0.25) is 9.69 Å². The largest absolute Gasteiger partial charge is 0.497 e. The van der Waals surface area contributed by atoms with E-state index >= 15 is 0 Å². The minimum Gasteiger partial charge on any atom is -0.497 e. The molecule has 194 valence electrons. The number of carbonyl (C=O) groups excluding carboxylic acids is 1. The summed E-state index contributed by atoms with van der Waals surface area (Å²) in [6.45, 7) is 2.94. The van der Waals surface area contributed by atoms with Crippen molar-refractivity contribution in [3.05, 3.63) is 99.0 Å². The predicted octanol–water partition coefficient (Wildman–Crippen LogP) is 5.81. The van der Waals surface area contributed by atoms with Crippen molar-refractivity contribution in [3.8, 4) is 5.75 Å². The number of rotatable bonds is 9. The molecule has 0 aliphatic carbocycles. The third-order valence-corrected chi connectivity index (χ3v) is 7.44. The SMILES string of the molecule is COc1cccc(CN2CCC(c3ccc(C[C@H](NC(=O)c4c(Cl)cccc4Cl)C(=O)O)cc3)CC2)c1. The number of carboxylic acids is 1. The lowest BCUT2D eigenvalue weighted by molar-refractivity contribution is -0.139. The van der Waals surface area contributed by atoms with Crippen molar-refractivity contribution in [1.29, 1.82) is 0 Å². The molecular formula is C29H30Cl2N2O4. The second kappa shape index (κ2) is 12.5. The fraction of sp³-hybridized carbons (Fsp3) is 0.310. The van der Waals surface area contributed by atoms with Crippen molar-refractivity contribution < 1.29 is 19.4 Å². The number of nitrogens with zero attached hydrogens (tertiary/aromatic N) is 1. The molecule has 1 amide bonds. The van der Waals surface area contributed by atoms with Crippen LogP contribution in [0.4, 0.5) is 0 Å². The van der Waals surface area contributed by atoms with E-state index in [2.05, 4.69) is 34.5 Å². The number of likely N-dealkylation sites (tertiary alicyclic amines) is 1. The van der Waals surface area contributed by atoms with Gasteiger partial charge in [0, 0.05) is 13.0 Å². The van der Waals surface area contributed by atoms with E-state index in [4.69, 9.17) is 27.9 Å². The first-order valence-corrected chi connectivity index (χ1v) is 13.0. The average Bonchev–Trinajstić information content (AvgIpc) is 2.89. The van der Waals surface area contributed by atoms with Crippen LogP contribution in [0, 0.1) is 0 Å². The van der Waals surface area contributed by atoms with Gasteiger partial charge in [-0.25, -0.2) is 4.79 Å². The van der Waals surface area contributed by atoms with E-state index in [0.717, 1.165) is 43.8 Å². The van der Waals surface area contributed by atoms with E-state index in [1.54, 1.807) is 25.3 Å². The van der Waals surface area contributed by atoms with Crippen LogP contribution in [0.5, 0.6) is 5.75 Å². The molecule has 1 aliphatic rings. The van der Waals surface area contributed by atoms with Crippen molar-refractivity contribution >= 4 is 35.1 Å². The van der Waals surface area contributed by atoms with Gasteiger partial charge < -0.3 is 15.2 Å². The number of amides is 1. The third kappa shape index (κ3) is 7.04. The average molecular weight is 541 g/mol. The summed E-state index contributed by atoms with van der Waals surface area (Å²) in [5.74, 6) is -0.387. The summed E-state index contributed by atoms with van der Waals surface area (Å²) in [6, 6.07) is 19.8. The van der Waals surface area contributed by atoms with Crippen LogP contribution in [0.3, 0.4) is 0 Å². The van der Waals surface area contributed by atoms with Gasteiger partial charge in [-0.1, -0.05) is 65.7 Å². The molecule has 0 unspecified atom stereocenters. The monoisotopic (exact) mass is 540 g/mol. The highest BCUT2D eigenvalue weighted by atomic mass is 35.5. The highest BCUT2D eigenvalue weighted by Crippen LogP contribution is 2.29. The topological polar surface area (TPSA) is 78.9 Å². The van der Waals surface area contributed by atoms with Crippen LogP contribution < -0.4 is 10.1 Å². The highest BCUT2D eigenvalue weighted by Gasteiger charge is 2.25. The molecule has 1 saturated heterocycles. The molecule has 0 spiro atoms. The van der Waals surface area contributed by atoms with Crippen molar-refractivity contribution in [2.45, 2.75) is 37.8 Å². The van der Waals surface area contributed by atoms with Gasteiger partial charge in [-0.05, 0) is 72.8 Å². The number of aliphatic carboxylic acids is 1. The molecule has 6 nitrogen and oxygen atoms in total. The van der Waals surface area contributed by atoms with E-state index in [0.29, 0.717) is 5.92 Å². The second-order valence-corrected chi connectivity index (χ2v) is 10.1. The minimum absolute atomic E-state index is 0.0742. The Morgan fingerprint density at radius 1 is 1.00 bits per heavy atom. The standard InChI is InChI=1S/C29H30Cl2N2O4/c1-37-23-5-2-4-20(16-23)18-33-14-12-22(13-15-33)21-10-8-19(9-11-21)17-26(29(35)36)32-28(34)27-24(30)6-3-7-25(27)31/h2-11,16,22,26H,12-15,17-18H2,1H3,(H,32,34)(H,35,36)/t26-/m0/s1. The first-order valence-electron chi connectivity index (χ1n) is 12.3. The summed E-state index contributed by atoms with van der Waals surface area (Å²) in [7, 11) is 1.69. The molecule has 3 aromatic rings. The lowest BCUT2D eigenvalue weighted by Gasteiger charge is -2.32. The number of ether oxygens (including phenoxy) is 1. The molecular weight excluding hydrogens is 511 g/mol. The second-order valence-electron chi connectivity index (χ2n) is 9.31. The Balaban J connectivity index is 1.33. The maximum Gasteiger partial charge on any atom is 0.326 e. The van der Waals surface area contributed by atoms with Crippen LogP contribution >= 0.6 is 23.2 Å². The zero-order valence-electron chi connectivity index (χ0n) is 20.6. The zero-order valence-corrected chi connectivity index (χ0v) is 22.1. The van der Waals surface area contributed by atoms with Crippen LogP contribution in [0.25, 0.3) is 0 Å². The van der Waals surface area contributed by atoms with E-state index < -0.39 is 17.9 Å². The molecule has 37 heavy (non-hydrogen) atoms. The molecule has 4 rings (SSSR count). The summed E-state index contributed by atoms with van der Waals surface area (Å²) < 4.78 is 5.33. The van der Waals surface area contributed by atoms with Gasteiger partial charge >= 0.3 is 5.97 Å². The Morgan fingerprint density at radius 3 is 2.27 bits per heavy atom. The maximum absolute atomic E-state index is 12.7. The van der Waals surface area contributed by atoms with Crippen LogP contribution in [-0.4, -0.2) is 48.1 Å². The Labute approximate surface area is 227 Å². The Hall–Kier alpha value is -3.06. The summed E-state index contributed by atoms with van der Waals surface area (Å²) in [5, 5.41) is 12.6. The Kier molecular flexibility index (Phi) is 9.09. The van der Waals surface area contributed by atoms with Crippen molar-refractivity contribution in [2.24, 2.45) is 0 Å². The van der Waals surface area contributed by atoms with Gasteiger partial charge in [-0.15, -0.1) is 0 Å². The normalized spacial score (nSPS) is 15.2. The molecule has 0 radical (unpaired) electrons. The molecule has 0 bridgehead atoms. The minimum atomic E-state index is -1.12. The van der Waals surface area contributed by atoms with Crippen LogP contribution in [0.2, 0.25) is 10.0 Å². The van der Waals surface area contributed by atoms with Crippen LogP contribution in [-0.2, 0) is 17.8 Å². The van der Waals surface area contributed by atoms with Crippen molar-refractivity contribution in [1.82, 2.24) is 10.2 Å². The van der Waals surface area contributed by atoms with E-state index in [-0.39, 0.29) is 22.0 Å². The number of nitrogens with one attached hydrogen (secondary N) is 1. The summed E-state index contributed by atoms with van der Waals surface area (Å²) in [6.07, 6.45) is 2.29. The Bertz CT molecular complexity index is 1220. The van der Waals surface area contributed by atoms with Gasteiger partial charge in [0.15, 0.2) is 0 Å². The first-order chi connectivity index (χ1) is 17.8. The maximum atomic E-state index is 12.7. The highest BCUT2D eigenvalue weighted by molar-refractivity contribution is 6.39. The van der Waals surface area contributed by atoms with Crippen LogP contribution in [0.1, 0.15) is 45.8 Å². The van der Waals surface area contributed by atoms with E-state index in [1.807, 2.05) is 24.3 Å². The van der Waals surface area contributed by atoms with Gasteiger partial charge in [0.2, 0.25) is 0 Å².